The fourth-order valence-corrected chi connectivity index (χ4v) is 2.35. The highest BCUT2D eigenvalue weighted by molar-refractivity contribution is 5.85. The maximum atomic E-state index is 12.1. The molecule has 1 rings (SSSR count). The second kappa shape index (κ2) is 8.85. The lowest BCUT2D eigenvalue weighted by atomic mass is 9.88. The predicted molar refractivity (Wildman–Crippen MR) is 85.1 cm³/mol. The first-order valence-corrected chi connectivity index (χ1v) is 7.43. The molecule has 1 aliphatic rings. The van der Waals surface area contributed by atoms with Gasteiger partial charge < -0.3 is 15.8 Å². The third kappa shape index (κ3) is 7.46. The van der Waals surface area contributed by atoms with E-state index < -0.39 is 0 Å². The van der Waals surface area contributed by atoms with Crippen molar-refractivity contribution in [2.45, 2.75) is 65.5 Å². The summed E-state index contributed by atoms with van der Waals surface area (Å²) in [6.45, 7) is 10.2. The van der Waals surface area contributed by atoms with Gasteiger partial charge in [0.1, 0.15) is 0 Å². The monoisotopic (exact) mass is 306 g/mol. The number of nitrogens with one attached hydrogen (secondary N) is 1. The van der Waals surface area contributed by atoms with Crippen LogP contribution >= 0.6 is 12.4 Å². The second-order valence-electron chi connectivity index (χ2n) is 6.98. The van der Waals surface area contributed by atoms with Gasteiger partial charge in [0.05, 0.1) is 6.04 Å². The van der Waals surface area contributed by atoms with Gasteiger partial charge in [-0.2, -0.15) is 0 Å². The van der Waals surface area contributed by atoms with Crippen molar-refractivity contribution in [3.8, 4) is 0 Å². The van der Waals surface area contributed by atoms with Crippen molar-refractivity contribution >= 4 is 18.3 Å². The number of nitrogens with two attached hydrogens (primary N) is 1. The molecule has 0 saturated carbocycles. The number of hydrogen-bond donors (Lipinski definition) is 2. The Morgan fingerprint density at radius 2 is 1.90 bits per heavy atom. The Hall–Kier alpha value is -0.320. The van der Waals surface area contributed by atoms with Crippen LogP contribution in [0.5, 0.6) is 0 Å². The van der Waals surface area contributed by atoms with Crippen molar-refractivity contribution in [2.24, 2.45) is 17.1 Å². The number of carbonyl (C=O) groups is 1. The van der Waals surface area contributed by atoms with Gasteiger partial charge in [0.25, 0.3) is 0 Å². The topological polar surface area (TPSA) is 64.4 Å². The van der Waals surface area contributed by atoms with Gasteiger partial charge in [-0.25, -0.2) is 0 Å². The van der Waals surface area contributed by atoms with Crippen LogP contribution in [0.1, 0.15) is 53.4 Å². The highest BCUT2D eigenvalue weighted by Crippen LogP contribution is 2.22. The van der Waals surface area contributed by atoms with E-state index in [1.54, 1.807) is 0 Å². The molecule has 1 saturated heterocycles. The second-order valence-corrected chi connectivity index (χ2v) is 6.98. The van der Waals surface area contributed by atoms with Gasteiger partial charge >= 0.3 is 0 Å². The van der Waals surface area contributed by atoms with Gasteiger partial charge in [-0.1, -0.05) is 20.8 Å². The van der Waals surface area contributed by atoms with Crippen LogP contribution in [0, 0.1) is 11.3 Å². The fraction of sp³-hybridized carbons (Fsp3) is 0.933. The third-order valence-electron chi connectivity index (χ3n) is 3.79. The normalized spacial score (nSPS) is 19.9. The molecule has 0 spiro atoms. The Balaban J connectivity index is 0.00000361. The summed E-state index contributed by atoms with van der Waals surface area (Å²) in [4.78, 5) is 12.1. The minimum Gasteiger partial charge on any atom is -0.381 e. The molecule has 20 heavy (non-hydrogen) atoms. The van der Waals surface area contributed by atoms with E-state index in [4.69, 9.17) is 10.5 Å². The summed E-state index contributed by atoms with van der Waals surface area (Å²) >= 11 is 0. The van der Waals surface area contributed by atoms with Crippen molar-refractivity contribution in [3.05, 3.63) is 0 Å². The molecule has 0 aromatic rings. The van der Waals surface area contributed by atoms with E-state index in [0.717, 1.165) is 38.9 Å². The molecule has 3 N–H and O–H groups in total. The van der Waals surface area contributed by atoms with Crippen LogP contribution in [0.4, 0.5) is 0 Å². The van der Waals surface area contributed by atoms with Crippen molar-refractivity contribution in [2.75, 3.05) is 13.2 Å². The lowest BCUT2D eigenvalue weighted by Gasteiger charge is -2.28. The summed E-state index contributed by atoms with van der Waals surface area (Å²) < 4.78 is 5.30. The average Bonchev–Trinajstić information content (AvgIpc) is 2.35. The van der Waals surface area contributed by atoms with Crippen LogP contribution in [0.25, 0.3) is 0 Å². The molecular formula is C15H31ClN2O2. The minimum atomic E-state index is -0.388. The molecule has 0 aliphatic carbocycles. The van der Waals surface area contributed by atoms with Crippen LogP contribution in [0.2, 0.25) is 0 Å². The SMILES string of the molecule is CC(CCC(C)(C)C)NC(=O)C(N)C1CCOCC1.Cl. The first kappa shape index (κ1) is 19.7. The summed E-state index contributed by atoms with van der Waals surface area (Å²) in [7, 11) is 0. The summed E-state index contributed by atoms with van der Waals surface area (Å²) in [5.74, 6) is 0.261. The molecule has 120 valence electrons. The zero-order valence-corrected chi connectivity index (χ0v) is 14.1. The number of hydrogen-bond acceptors (Lipinski definition) is 3. The Bertz CT molecular complexity index is 286. The van der Waals surface area contributed by atoms with Crippen LogP contribution in [-0.2, 0) is 9.53 Å². The standard InChI is InChI=1S/C15H30N2O2.ClH/c1-11(5-8-15(2,3)4)17-14(18)13(16)12-6-9-19-10-7-12;/h11-13H,5-10,16H2,1-4H3,(H,17,18);1H. The Labute approximate surface area is 129 Å². The van der Waals surface area contributed by atoms with E-state index in [9.17, 15) is 4.79 Å². The Kier molecular flexibility index (Phi) is 8.71. The van der Waals surface area contributed by atoms with Gasteiger partial charge in [-0.15, -0.1) is 12.4 Å². The molecule has 0 aromatic heterocycles. The Morgan fingerprint density at radius 3 is 2.40 bits per heavy atom. The smallest absolute Gasteiger partial charge is 0.237 e. The van der Waals surface area contributed by atoms with E-state index in [-0.39, 0.29) is 36.3 Å². The van der Waals surface area contributed by atoms with Crippen LogP contribution in [0.15, 0.2) is 0 Å². The zero-order chi connectivity index (χ0) is 14.5. The van der Waals surface area contributed by atoms with E-state index in [0.29, 0.717) is 5.41 Å². The highest BCUT2D eigenvalue weighted by Gasteiger charge is 2.27. The van der Waals surface area contributed by atoms with Crippen LogP contribution in [-0.4, -0.2) is 31.2 Å². The van der Waals surface area contributed by atoms with Gasteiger partial charge in [0, 0.05) is 19.3 Å². The minimum absolute atomic E-state index is 0. The maximum Gasteiger partial charge on any atom is 0.237 e. The van der Waals surface area contributed by atoms with E-state index in [1.807, 2.05) is 0 Å². The summed E-state index contributed by atoms with van der Waals surface area (Å²) in [6.07, 6.45) is 3.88. The lowest BCUT2D eigenvalue weighted by molar-refractivity contribution is -0.125. The largest absolute Gasteiger partial charge is 0.381 e. The molecule has 1 heterocycles. The molecular weight excluding hydrogens is 276 g/mol. The molecule has 2 atom stereocenters. The molecule has 5 heteroatoms. The molecule has 0 aromatic carbocycles. The zero-order valence-electron chi connectivity index (χ0n) is 13.3. The number of carbonyl (C=O) groups excluding carboxylic acids is 1. The molecule has 1 aliphatic heterocycles. The number of ether oxygens (including phenoxy) is 1. The molecule has 1 fully saturated rings. The quantitative estimate of drug-likeness (QED) is 0.820. The van der Waals surface area contributed by atoms with Crippen LogP contribution in [0.3, 0.4) is 0 Å². The molecule has 4 nitrogen and oxygen atoms in total. The number of rotatable bonds is 5. The van der Waals surface area contributed by atoms with Crippen molar-refractivity contribution < 1.29 is 9.53 Å². The maximum absolute atomic E-state index is 12.1. The third-order valence-corrected chi connectivity index (χ3v) is 3.79. The fourth-order valence-electron chi connectivity index (χ4n) is 2.35. The lowest BCUT2D eigenvalue weighted by Crippen LogP contribution is -2.49. The van der Waals surface area contributed by atoms with Crippen molar-refractivity contribution in [3.63, 3.8) is 0 Å². The summed E-state index contributed by atoms with van der Waals surface area (Å²) in [5, 5.41) is 3.04. The van der Waals surface area contributed by atoms with Crippen molar-refractivity contribution in [1.29, 1.82) is 0 Å². The van der Waals surface area contributed by atoms with Crippen LogP contribution < -0.4 is 11.1 Å². The molecule has 0 radical (unpaired) electrons. The van der Waals surface area contributed by atoms with Gasteiger partial charge in [-0.3, -0.25) is 4.79 Å². The average molecular weight is 307 g/mol. The van der Waals surface area contributed by atoms with E-state index in [1.165, 1.54) is 0 Å². The first-order valence-electron chi connectivity index (χ1n) is 7.43. The van der Waals surface area contributed by atoms with E-state index >= 15 is 0 Å². The summed E-state index contributed by atoms with van der Waals surface area (Å²) in [6, 6.07) is -0.196. The van der Waals surface area contributed by atoms with Gasteiger partial charge in [0.2, 0.25) is 5.91 Å². The number of amides is 1. The molecule has 0 bridgehead atoms. The van der Waals surface area contributed by atoms with Crippen molar-refractivity contribution in [1.82, 2.24) is 5.32 Å². The number of halogens is 1. The van der Waals surface area contributed by atoms with Gasteiger partial charge in [-0.05, 0) is 43.9 Å². The molecule has 1 amide bonds. The molecule has 2 unspecified atom stereocenters. The predicted octanol–water partition coefficient (Wildman–Crippen LogP) is 2.49. The summed E-state index contributed by atoms with van der Waals surface area (Å²) in [5.41, 5.74) is 6.36. The van der Waals surface area contributed by atoms with Gasteiger partial charge in [0.15, 0.2) is 0 Å². The Morgan fingerprint density at radius 1 is 1.35 bits per heavy atom. The van der Waals surface area contributed by atoms with E-state index in [2.05, 4.69) is 33.0 Å². The highest BCUT2D eigenvalue weighted by atomic mass is 35.5. The first-order chi connectivity index (χ1) is 8.79.